The van der Waals surface area contributed by atoms with Crippen molar-refractivity contribution in [1.29, 1.82) is 0 Å². The van der Waals surface area contributed by atoms with Crippen molar-refractivity contribution in [3.63, 3.8) is 0 Å². The first-order chi connectivity index (χ1) is 10.7. The van der Waals surface area contributed by atoms with Gasteiger partial charge in [0.25, 0.3) is 0 Å². The van der Waals surface area contributed by atoms with Gasteiger partial charge >= 0.3 is 5.97 Å². The summed E-state index contributed by atoms with van der Waals surface area (Å²) in [6.07, 6.45) is 1.78. The predicted octanol–water partition coefficient (Wildman–Crippen LogP) is 2.62. The first-order valence-electron chi connectivity index (χ1n) is 7.33. The molecule has 0 radical (unpaired) electrons. The number of carbonyl (C=O) groups is 1. The quantitative estimate of drug-likeness (QED) is 0.615. The van der Waals surface area contributed by atoms with Crippen molar-refractivity contribution >= 4 is 17.3 Å². The Labute approximate surface area is 128 Å². The van der Waals surface area contributed by atoms with Gasteiger partial charge in [0.05, 0.1) is 12.3 Å². The lowest BCUT2D eigenvalue weighted by Crippen LogP contribution is -2.27. The summed E-state index contributed by atoms with van der Waals surface area (Å²) in [5.41, 5.74) is 0.915. The largest absolute Gasteiger partial charge is 0.482 e. The summed E-state index contributed by atoms with van der Waals surface area (Å²) in [6.45, 7) is 3.25. The standard InChI is InChI=1S/C15H20N2O5/c1-2-21-15(18)10-22-12-3-4-13(14(9-12)17-19)16-11-5-7-20-8-6-11/h3-4,9,11,16H,2,5-8,10H2,1H3. The minimum atomic E-state index is -0.451. The number of hydrogen-bond acceptors (Lipinski definition) is 7. The number of hydrogen-bond donors (Lipinski definition) is 1. The van der Waals surface area contributed by atoms with Crippen LogP contribution < -0.4 is 10.1 Å². The van der Waals surface area contributed by atoms with Crippen LogP contribution >= 0.6 is 0 Å². The molecule has 1 aliphatic heterocycles. The highest BCUT2D eigenvalue weighted by Crippen LogP contribution is 2.31. The SMILES string of the molecule is CCOC(=O)COc1ccc(NC2CCOCC2)c(N=O)c1. The first kappa shape index (κ1) is 16.2. The molecule has 1 fully saturated rings. The molecule has 2 rings (SSSR count). The fourth-order valence-electron chi connectivity index (χ4n) is 2.21. The maximum atomic E-state index is 11.2. The van der Waals surface area contributed by atoms with Crippen LogP contribution in [0.2, 0.25) is 0 Å². The van der Waals surface area contributed by atoms with Crippen molar-refractivity contribution in [1.82, 2.24) is 0 Å². The summed E-state index contributed by atoms with van der Waals surface area (Å²) < 4.78 is 15.4. The highest BCUT2D eigenvalue weighted by atomic mass is 16.6. The van der Waals surface area contributed by atoms with E-state index in [0.29, 0.717) is 31.3 Å². The Balaban J connectivity index is 1.97. The van der Waals surface area contributed by atoms with Crippen LogP contribution in [0.1, 0.15) is 19.8 Å². The number of nitrogens with one attached hydrogen (secondary N) is 1. The molecule has 22 heavy (non-hydrogen) atoms. The highest BCUT2D eigenvalue weighted by Gasteiger charge is 2.16. The van der Waals surface area contributed by atoms with Crippen LogP contribution in [0.25, 0.3) is 0 Å². The molecule has 0 saturated carbocycles. The first-order valence-corrected chi connectivity index (χ1v) is 7.33. The molecule has 1 aromatic rings. The van der Waals surface area contributed by atoms with Gasteiger partial charge in [0.2, 0.25) is 0 Å². The number of rotatable bonds is 7. The zero-order valence-electron chi connectivity index (χ0n) is 12.5. The van der Waals surface area contributed by atoms with Gasteiger partial charge in [-0.1, -0.05) is 0 Å². The van der Waals surface area contributed by atoms with Crippen LogP contribution in [0.4, 0.5) is 11.4 Å². The van der Waals surface area contributed by atoms with Gasteiger partial charge in [-0.2, -0.15) is 0 Å². The molecule has 1 heterocycles. The Hall–Kier alpha value is -2.15. The molecule has 1 saturated heterocycles. The van der Waals surface area contributed by atoms with E-state index in [1.807, 2.05) is 0 Å². The van der Waals surface area contributed by atoms with Crippen molar-refractivity contribution in [2.24, 2.45) is 5.18 Å². The minimum Gasteiger partial charge on any atom is -0.482 e. The van der Waals surface area contributed by atoms with Crippen LogP contribution in [0.15, 0.2) is 23.4 Å². The van der Waals surface area contributed by atoms with E-state index in [1.165, 1.54) is 6.07 Å². The lowest BCUT2D eigenvalue weighted by atomic mass is 10.1. The van der Waals surface area contributed by atoms with E-state index >= 15 is 0 Å². The molecule has 120 valence electrons. The van der Waals surface area contributed by atoms with Crippen LogP contribution in [-0.4, -0.2) is 38.4 Å². The molecular formula is C15H20N2O5. The second-order valence-electron chi connectivity index (χ2n) is 4.89. The third kappa shape index (κ3) is 4.70. The van der Waals surface area contributed by atoms with Gasteiger partial charge in [0.1, 0.15) is 11.4 Å². The number of benzene rings is 1. The Bertz CT molecular complexity index is 515. The summed E-state index contributed by atoms with van der Waals surface area (Å²) in [5.74, 6) is -0.0484. The van der Waals surface area contributed by atoms with E-state index < -0.39 is 5.97 Å². The van der Waals surface area contributed by atoms with Crippen molar-refractivity contribution in [2.45, 2.75) is 25.8 Å². The summed E-state index contributed by atoms with van der Waals surface area (Å²) in [4.78, 5) is 22.2. The zero-order chi connectivity index (χ0) is 15.8. The van der Waals surface area contributed by atoms with Gasteiger partial charge in [0.15, 0.2) is 6.61 Å². The lowest BCUT2D eigenvalue weighted by Gasteiger charge is -2.24. The van der Waals surface area contributed by atoms with Crippen molar-refractivity contribution < 1.29 is 19.0 Å². The van der Waals surface area contributed by atoms with Crippen molar-refractivity contribution in [3.05, 3.63) is 23.1 Å². The van der Waals surface area contributed by atoms with Gasteiger partial charge < -0.3 is 19.5 Å². The maximum absolute atomic E-state index is 11.2. The molecule has 1 aliphatic rings. The van der Waals surface area contributed by atoms with E-state index in [4.69, 9.17) is 14.2 Å². The normalized spacial score (nSPS) is 15.1. The average Bonchev–Trinajstić information content (AvgIpc) is 2.55. The maximum Gasteiger partial charge on any atom is 0.344 e. The fourth-order valence-corrected chi connectivity index (χ4v) is 2.21. The number of anilines is 1. The molecule has 0 unspecified atom stereocenters. The average molecular weight is 308 g/mol. The van der Waals surface area contributed by atoms with Crippen LogP contribution in [0, 0.1) is 4.91 Å². The van der Waals surface area contributed by atoms with Crippen LogP contribution in [0.3, 0.4) is 0 Å². The van der Waals surface area contributed by atoms with Crippen LogP contribution in [-0.2, 0) is 14.3 Å². The lowest BCUT2D eigenvalue weighted by molar-refractivity contribution is -0.145. The summed E-state index contributed by atoms with van der Waals surface area (Å²) in [5, 5.41) is 6.31. The third-order valence-corrected chi connectivity index (χ3v) is 3.31. The van der Waals surface area contributed by atoms with E-state index in [0.717, 1.165) is 12.8 Å². The Morgan fingerprint density at radius 3 is 2.86 bits per heavy atom. The monoisotopic (exact) mass is 308 g/mol. The second-order valence-corrected chi connectivity index (χ2v) is 4.89. The number of nitroso groups, excluding NO2 is 1. The minimum absolute atomic E-state index is 0.196. The Morgan fingerprint density at radius 1 is 1.41 bits per heavy atom. The topological polar surface area (TPSA) is 86.2 Å². The van der Waals surface area contributed by atoms with E-state index in [1.54, 1.807) is 19.1 Å². The van der Waals surface area contributed by atoms with Gasteiger partial charge in [0, 0.05) is 25.3 Å². The molecule has 0 atom stereocenters. The number of carbonyl (C=O) groups excluding carboxylic acids is 1. The second kappa shape index (κ2) is 8.33. The smallest absolute Gasteiger partial charge is 0.344 e. The van der Waals surface area contributed by atoms with Gasteiger partial charge in [-0.25, -0.2) is 4.79 Å². The molecule has 0 spiro atoms. The predicted molar refractivity (Wildman–Crippen MR) is 81.5 cm³/mol. The highest BCUT2D eigenvalue weighted by molar-refractivity contribution is 5.72. The van der Waals surface area contributed by atoms with Crippen LogP contribution in [0.5, 0.6) is 5.75 Å². The molecular weight excluding hydrogens is 288 g/mol. The van der Waals surface area contributed by atoms with Crippen molar-refractivity contribution in [2.75, 3.05) is 31.7 Å². The third-order valence-electron chi connectivity index (χ3n) is 3.31. The molecule has 1 aromatic carbocycles. The molecule has 1 N–H and O–H groups in total. The molecule has 7 nitrogen and oxygen atoms in total. The molecule has 0 aromatic heterocycles. The van der Waals surface area contributed by atoms with Crippen molar-refractivity contribution in [3.8, 4) is 5.75 Å². The van der Waals surface area contributed by atoms with E-state index in [9.17, 15) is 9.70 Å². The molecule has 0 amide bonds. The van der Waals surface area contributed by atoms with E-state index in [-0.39, 0.29) is 18.3 Å². The number of esters is 1. The summed E-state index contributed by atoms with van der Waals surface area (Å²) in [6, 6.07) is 5.19. The number of ether oxygens (including phenoxy) is 3. The molecule has 7 heteroatoms. The Kier molecular flexibility index (Phi) is 6.14. The zero-order valence-corrected chi connectivity index (χ0v) is 12.5. The van der Waals surface area contributed by atoms with Gasteiger partial charge in [-0.05, 0) is 37.1 Å². The van der Waals surface area contributed by atoms with E-state index in [2.05, 4.69) is 10.5 Å². The number of nitrogens with zero attached hydrogens (tertiary/aromatic N) is 1. The Morgan fingerprint density at radius 2 is 2.18 bits per heavy atom. The molecule has 0 aliphatic carbocycles. The fraction of sp³-hybridized carbons (Fsp3) is 0.533. The summed E-state index contributed by atoms with van der Waals surface area (Å²) in [7, 11) is 0. The van der Waals surface area contributed by atoms with Gasteiger partial charge in [-0.15, -0.1) is 4.91 Å². The summed E-state index contributed by atoms with van der Waals surface area (Å²) >= 11 is 0. The van der Waals surface area contributed by atoms with Gasteiger partial charge in [-0.3, -0.25) is 0 Å². The molecule has 0 bridgehead atoms.